The van der Waals surface area contributed by atoms with Crippen LogP contribution in [0.15, 0.2) is 4.99 Å². The van der Waals surface area contributed by atoms with E-state index in [9.17, 15) is 24.3 Å². The average Bonchev–Trinajstić information content (AvgIpc) is 2.75. The van der Waals surface area contributed by atoms with Gasteiger partial charge in [-0.25, -0.2) is 4.79 Å². The summed E-state index contributed by atoms with van der Waals surface area (Å²) in [6, 6.07) is -3.96. The SMILES string of the molecule is CSCCC(NC(=O)C(CS)NC(=O)C(CC(C)C)NC(=O)C(N)CCCN=C(N)N)C(=O)O. The van der Waals surface area contributed by atoms with Crippen LogP contribution in [0.3, 0.4) is 0 Å². The number of guanidine groups is 1. The maximum absolute atomic E-state index is 12.9. The summed E-state index contributed by atoms with van der Waals surface area (Å²) in [6.07, 6.45) is 3.17. The Bertz CT molecular complexity index is 705. The molecule has 0 aliphatic rings. The van der Waals surface area contributed by atoms with Crippen LogP contribution in [-0.4, -0.2) is 83.2 Å². The van der Waals surface area contributed by atoms with Crippen molar-refractivity contribution in [2.75, 3.05) is 24.3 Å². The Kier molecular flexibility index (Phi) is 16.2. The zero-order valence-corrected chi connectivity index (χ0v) is 21.7. The summed E-state index contributed by atoms with van der Waals surface area (Å²) in [7, 11) is 0. The number of aliphatic carboxylic acids is 1. The van der Waals surface area contributed by atoms with Crippen LogP contribution in [0.2, 0.25) is 0 Å². The zero-order chi connectivity index (χ0) is 26.3. The molecule has 196 valence electrons. The summed E-state index contributed by atoms with van der Waals surface area (Å²) in [5.41, 5.74) is 16.4. The van der Waals surface area contributed by atoms with Crippen LogP contribution in [0.5, 0.6) is 0 Å². The van der Waals surface area contributed by atoms with Gasteiger partial charge >= 0.3 is 5.97 Å². The summed E-state index contributed by atoms with van der Waals surface area (Å²) in [6.45, 7) is 4.09. The molecule has 0 aromatic heterocycles. The fourth-order valence-electron chi connectivity index (χ4n) is 2.86. The number of thioether (sulfide) groups is 1. The van der Waals surface area contributed by atoms with Gasteiger partial charge in [-0.2, -0.15) is 24.4 Å². The predicted molar refractivity (Wildman–Crippen MR) is 138 cm³/mol. The second-order valence-electron chi connectivity index (χ2n) is 8.17. The number of aliphatic imine (C=N–C) groups is 1. The summed E-state index contributed by atoms with van der Waals surface area (Å²) in [4.78, 5) is 53.2. The van der Waals surface area contributed by atoms with E-state index in [1.165, 1.54) is 11.8 Å². The Balaban J connectivity index is 5.12. The predicted octanol–water partition coefficient (Wildman–Crippen LogP) is -1.36. The van der Waals surface area contributed by atoms with Crippen LogP contribution in [0.4, 0.5) is 0 Å². The molecule has 0 heterocycles. The molecule has 34 heavy (non-hydrogen) atoms. The van der Waals surface area contributed by atoms with Crippen molar-refractivity contribution in [2.24, 2.45) is 28.1 Å². The van der Waals surface area contributed by atoms with Gasteiger partial charge in [0.05, 0.1) is 6.04 Å². The standard InChI is InChI=1S/C20H39N7O5S2/c1-11(2)9-14(26-16(28)12(21)5-4-7-24-20(22)23)17(29)27-15(10-33)18(30)25-13(19(31)32)6-8-34-3/h11-15,33H,4-10,21H2,1-3H3,(H,25,30)(H,26,28)(H,27,29)(H,31,32)(H4,22,23,24). The molecule has 0 radical (unpaired) electrons. The van der Waals surface area contributed by atoms with Gasteiger partial charge in [0.15, 0.2) is 5.96 Å². The Hall–Kier alpha value is -2.19. The first kappa shape index (κ1) is 31.8. The van der Waals surface area contributed by atoms with Crippen molar-refractivity contribution >= 4 is 54.0 Å². The number of hydrogen-bond acceptors (Lipinski definition) is 8. The molecule has 0 aliphatic carbocycles. The van der Waals surface area contributed by atoms with Crippen LogP contribution in [0.1, 0.15) is 39.5 Å². The molecule has 0 saturated carbocycles. The molecule has 14 heteroatoms. The average molecular weight is 522 g/mol. The second kappa shape index (κ2) is 17.3. The molecule has 0 aromatic carbocycles. The van der Waals surface area contributed by atoms with Gasteiger partial charge < -0.3 is 38.3 Å². The monoisotopic (exact) mass is 521 g/mol. The summed E-state index contributed by atoms with van der Waals surface area (Å²) in [5.74, 6) is -2.43. The van der Waals surface area contributed by atoms with Gasteiger partial charge in [0.25, 0.3) is 0 Å². The van der Waals surface area contributed by atoms with E-state index in [0.29, 0.717) is 31.6 Å². The third kappa shape index (κ3) is 13.5. The summed E-state index contributed by atoms with van der Waals surface area (Å²) < 4.78 is 0. The molecule has 0 rings (SSSR count). The van der Waals surface area contributed by atoms with Crippen molar-refractivity contribution in [1.29, 1.82) is 0 Å². The van der Waals surface area contributed by atoms with Crippen LogP contribution >= 0.6 is 24.4 Å². The number of hydrogen-bond donors (Lipinski definition) is 8. The molecule has 10 N–H and O–H groups in total. The van der Waals surface area contributed by atoms with E-state index in [1.807, 2.05) is 20.1 Å². The Labute approximate surface area is 210 Å². The fraction of sp³-hybridized carbons (Fsp3) is 0.750. The Morgan fingerprint density at radius 2 is 1.53 bits per heavy atom. The Morgan fingerprint density at radius 3 is 2.03 bits per heavy atom. The van der Waals surface area contributed by atoms with Gasteiger partial charge in [-0.05, 0) is 43.6 Å². The number of carboxylic acid groups (broad SMARTS) is 1. The molecule has 0 fully saturated rings. The van der Waals surface area contributed by atoms with Crippen LogP contribution in [-0.2, 0) is 19.2 Å². The summed E-state index contributed by atoms with van der Waals surface area (Å²) in [5, 5.41) is 16.9. The van der Waals surface area contributed by atoms with E-state index < -0.39 is 47.9 Å². The number of nitrogens with two attached hydrogens (primary N) is 3. The smallest absolute Gasteiger partial charge is 0.326 e. The zero-order valence-electron chi connectivity index (χ0n) is 20.0. The largest absolute Gasteiger partial charge is 0.480 e. The van der Waals surface area contributed by atoms with Crippen molar-refractivity contribution in [3.63, 3.8) is 0 Å². The molecule has 0 saturated heterocycles. The molecule has 12 nitrogen and oxygen atoms in total. The lowest BCUT2D eigenvalue weighted by atomic mass is 10.0. The second-order valence-corrected chi connectivity index (χ2v) is 9.52. The van der Waals surface area contributed by atoms with Gasteiger partial charge in [-0.15, -0.1) is 0 Å². The van der Waals surface area contributed by atoms with E-state index >= 15 is 0 Å². The molecular formula is C20H39N7O5S2. The highest BCUT2D eigenvalue weighted by molar-refractivity contribution is 7.98. The minimum Gasteiger partial charge on any atom is -0.480 e. The number of carboxylic acids is 1. The van der Waals surface area contributed by atoms with Crippen molar-refractivity contribution in [3.8, 4) is 0 Å². The molecule has 0 bridgehead atoms. The van der Waals surface area contributed by atoms with Gasteiger partial charge in [0.2, 0.25) is 17.7 Å². The number of nitrogens with one attached hydrogen (secondary N) is 3. The maximum Gasteiger partial charge on any atom is 0.326 e. The van der Waals surface area contributed by atoms with Crippen molar-refractivity contribution < 1.29 is 24.3 Å². The highest BCUT2D eigenvalue weighted by atomic mass is 32.2. The lowest BCUT2D eigenvalue weighted by Crippen LogP contribution is -2.57. The third-order valence-electron chi connectivity index (χ3n) is 4.69. The fourth-order valence-corrected chi connectivity index (χ4v) is 3.59. The van der Waals surface area contributed by atoms with E-state index in [1.54, 1.807) is 0 Å². The molecule has 4 atom stereocenters. The molecule has 4 unspecified atom stereocenters. The van der Waals surface area contributed by atoms with Gasteiger partial charge in [-0.3, -0.25) is 19.4 Å². The molecule has 0 aromatic rings. The normalized spacial score (nSPS) is 14.4. The van der Waals surface area contributed by atoms with Gasteiger partial charge in [0.1, 0.15) is 18.1 Å². The highest BCUT2D eigenvalue weighted by Gasteiger charge is 2.30. The first-order valence-electron chi connectivity index (χ1n) is 11.0. The van der Waals surface area contributed by atoms with E-state index in [2.05, 4.69) is 33.6 Å². The number of carbonyl (C=O) groups excluding carboxylic acids is 3. The number of carbonyl (C=O) groups is 4. The molecule has 3 amide bonds. The minimum absolute atomic E-state index is 0.0478. The number of rotatable bonds is 17. The van der Waals surface area contributed by atoms with Crippen molar-refractivity contribution in [1.82, 2.24) is 16.0 Å². The van der Waals surface area contributed by atoms with Crippen molar-refractivity contribution in [2.45, 2.75) is 63.7 Å². The summed E-state index contributed by atoms with van der Waals surface area (Å²) >= 11 is 5.57. The number of nitrogens with zero attached hydrogens (tertiary/aromatic N) is 1. The van der Waals surface area contributed by atoms with Gasteiger partial charge in [0, 0.05) is 12.3 Å². The molecular weight excluding hydrogens is 482 g/mol. The quantitative estimate of drug-likeness (QED) is 0.0490. The van der Waals surface area contributed by atoms with Crippen LogP contribution < -0.4 is 33.2 Å². The minimum atomic E-state index is -1.16. The van der Waals surface area contributed by atoms with E-state index in [0.717, 1.165) is 0 Å². The van der Waals surface area contributed by atoms with Crippen molar-refractivity contribution in [3.05, 3.63) is 0 Å². The first-order valence-corrected chi connectivity index (χ1v) is 13.0. The van der Waals surface area contributed by atoms with Gasteiger partial charge in [-0.1, -0.05) is 13.8 Å². The first-order chi connectivity index (χ1) is 15.9. The number of amides is 3. The molecule has 0 aliphatic heterocycles. The third-order valence-corrected chi connectivity index (χ3v) is 5.69. The highest BCUT2D eigenvalue weighted by Crippen LogP contribution is 2.08. The topological polar surface area (TPSA) is 215 Å². The van der Waals surface area contributed by atoms with E-state index in [4.69, 9.17) is 17.2 Å². The van der Waals surface area contributed by atoms with Crippen LogP contribution in [0.25, 0.3) is 0 Å². The number of thiol groups is 1. The van der Waals surface area contributed by atoms with Crippen LogP contribution in [0, 0.1) is 5.92 Å². The maximum atomic E-state index is 12.9. The lowest BCUT2D eigenvalue weighted by molar-refractivity contribution is -0.142. The van der Waals surface area contributed by atoms with E-state index in [-0.39, 0.29) is 24.1 Å². The Morgan fingerprint density at radius 1 is 0.971 bits per heavy atom. The molecule has 0 spiro atoms. The lowest BCUT2D eigenvalue weighted by Gasteiger charge is -2.25.